The maximum absolute atomic E-state index is 13.2. The van der Waals surface area contributed by atoms with Gasteiger partial charge in [0.05, 0.1) is 0 Å². The molecule has 1 unspecified atom stereocenters. The minimum absolute atomic E-state index is 0.124. The summed E-state index contributed by atoms with van der Waals surface area (Å²) in [6, 6.07) is 3.01. The van der Waals surface area contributed by atoms with Crippen molar-refractivity contribution in [3.63, 3.8) is 0 Å². The fraction of sp³-hybridized carbons (Fsp3) is 0.667. The molecule has 3 N–H and O–H groups in total. The van der Waals surface area contributed by atoms with E-state index in [4.69, 9.17) is 4.74 Å². The van der Waals surface area contributed by atoms with Gasteiger partial charge in [0.15, 0.2) is 11.5 Å². The molecule has 1 aromatic rings. The van der Waals surface area contributed by atoms with Gasteiger partial charge in [-0.1, -0.05) is 33.3 Å². The van der Waals surface area contributed by atoms with Crippen molar-refractivity contribution in [2.75, 3.05) is 6.54 Å². The van der Waals surface area contributed by atoms with Crippen LogP contribution >= 0.6 is 0 Å². The van der Waals surface area contributed by atoms with Crippen LogP contribution in [0.15, 0.2) is 18.2 Å². The maximum atomic E-state index is 13.2. The van der Waals surface area contributed by atoms with Gasteiger partial charge in [-0.15, -0.1) is 0 Å². The first-order valence-electron chi connectivity index (χ1n) is 12.7. The number of benzene rings is 1. The van der Waals surface area contributed by atoms with Crippen LogP contribution in [0.25, 0.3) is 0 Å². The third-order valence-electron chi connectivity index (χ3n) is 8.41. The fourth-order valence-electron chi connectivity index (χ4n) is 5.63. The van der Waals surface area contributed by atoms with Crippen LogP contribution < -0.4 is 5.32 Å². The normalized spacial score (nSPS) is 26.4. The van der Waals surface area contributed by atoms with Crippen LogP contribution in [0.1, 0.15) is 78.7 Å². The van der Waals surface area contributed by atoms with E-state index in [0.717, 1.165) is 19.3 Å². The molecule has 0 radical (unpaired) electrons. The van der Waals surface area contributed by atoms with Gasteiger partial charge in [0, 0.05) is 18.4 Å². The van der Waals surface area contributed by atoms with Crippen LogP contribution in [0.2, 0.25) is 0 Å². The summed E-state index contributed by atoms with van der Waals surface area (Å²) in [4.78, 5) is 40.3. The van der Waals surface area contributed by atoms with Crippen LogP contribution in [0.4, 0.5) is 0 Å². The van der Waals surface area contributed by atoms with Crippen molar-refractivity contribution in [1.82, 2.24) is 10.2 Å². The summed E-state index contributed by atoms with van der Waals surface area (Å²) in [5.74, 6) is -0.911. The summed E-state index contributed by atoms with van der Waals surface area (Å²) in [6.45, 7) is 10.6. The zero-order valence-electron chi connectivity index (χ0n) is 21.6. The quantitative estimate of drug-likeness (QED) is 0.380. The van der Waals surface area contributed by atoms with Gasteiger partial charge in [-0.25, -0.2) is 4.79 Å². The number of amides is 2. The molecule has 0 bridgehead atoms. The van der Waals surface area contributed by atoms with Crippen LogP contribution in [-0.2, 0) is 25.5 Å². The van der Waals surface area contributed by atoms with E-state index in [2.05, 4.69) is 26.1 Å². The SMILES string of the molecule is CCC1CC[C@](C)(OC(=O)[C@@H]2CCCN2C(=O)[C@H](C)NC(=O)CCc2ccc(O)c(O)c2)C1(C)C. The minimum Gasteiger partial charge on any atom is -0.504 e. The number of esters is 1. The third-order valence-corrected chi connectivity index (χ3v) is 8.41. The van der Waals surface area contributed by atoms with E-state index in [1.54, 1.807) is 17.9 Å². The van der Waals surface area contributed by atoms with Gasteiger partial charge in [-0.05, 0) is 69.6 Å². The number of hydrogen-bond donors (Lipinski definition) is 3. The number of rotatable bonds is 8. The monoisotopic (exact) mass is 488 g/mol. The Balaban J connectivity index is 1.56. The number of ether oxygens (including phenoxy) is 1. The van der Waals surface area contributed by atoms with Crippen LogP contribution in [0, 0.1) is 11.3 Å². The number of carbonyl (C=O) groups is 3. The van der Waals surface area contributed by atoms with E-state index in [0.29, 0.717) is 37.3 Å². The van der Waals surface area contributed by atoms with Gasteiger partial charge in [0.2, 0.25) is 11.8 Å². The van der Waals surface area contributed by atoms with E-state index in [-0.39, 0.29) is 41.1 Å². The van der Waals surface area contributed by atoms with Crippen molar-refractivity contribution in [3.05, 3.63) is 23.8 Å². The lowest BCUT2D eigenvalue weighted by Gasteiger charge is -2.42. The topological polar surface area (TPSA) is 116 Å². The largest absolute Gasteiger partial charge is 0.504 e. The highest BCUT2D eigenvalue weighted by molar-refractivity contribution is 5.91. The molecule has 3 rings (SSSR count). The molecule has 1 saturated heterocycles. The van der Waals surface area contributed by atoms with Crippen molar-refractivity contribution in [1.29, 1.82) is 0 Å². The Bertz CT molecular complexity index is 961. The number of nitrogens with one attached hydrogen (secondary N) is 1. The second kappa shape index (κ2) is 10.5. The number of carbonyl (C=O) groups excluding carboxylic acids is 3. The van der Waals surface area contributed by atoms with E-state index < -0.39 is 17.7 Å². The lowest BCUT2D eigenvalue weighted by atomic mass is 9.72. The number of nitrogens with zero attached hydrogens (tertiary/aromatic N) is 1. The molecule has 2 aliphatic rings. The number of phenols is 2. The Morgan fingerprint density at radius 3 is 2.51 bits per heavy atom. The minimum atomic E-state index is -0.771. The summed E-state index contributed by atoms with van der Waals surface area (Å²) in [6.07, 6.45) is 4.63. The number of aryl methyl sites for hydroxylation is 1. The Hall–Kier alpha value is -2.77. The summed E-state index contributed by atoms with van der Waals surface area (Å²) in [5.41, 5.74) is -0.00393. The molecular formula is C27H40N2O6. The van der Waals surface area contributed by atoms with E-state index in [1.165, 1.54) is 12.1 Å². The van der Waals surface area contributed by atoms with Crippen molar-refractivity contribution >= 4 is 17.8 Å². The molecule has 1 aliphatic heterocycles. The summed E-state index contributed by atoms with van der Waals surface area (Å²) in [7, 11) is 0. The van der Waals surface area contributed by atoms with Crippen molar-refractivity contribution < 1.29 is 29.3 Å². The molecule has 194 valence electrons. The molecule has 0 spiro atoms. The van der Waals surface area contributed by atoms with Crippen molar-refractivity contribution in [3.8, 4) is 11.5 Å². The Labute approximate surface area is 208 Å². The summed E-state index contributed by atoms with van der Waals surface area (Å²) >= 11 is 0. The number of likely N-dealkylation sites (tertiary alicyclic amines) is 1. The number of aromatic hydroxyl groups is 2. The Kier molecular flexibility index (Phi) is 8.02. The average Bonchev–Trinajstić information content (AvgIpc) is 3.37. The first kappa shape index (κ1) is 26.8. The van der Waals surface area contributed by atoms with Gasteiger partial charge in [0.25, 0.3) is 0 Å². The van der Waals surface area contributed by atoms with Gasteiger partial charge in [-0.2, -0.15) is 0 Å². The number of hydrogen-bond acceptors (Lipinski definition) is 6. The zero-order valence-corrected chi connectivity index (χ0v) is 21.6. The molecule has 1 aromatic carbocycles. The van der Waals surface area contributed by atoms with Crippen LogP contribution in [0.5, 0.6) is 11.5 Å². The van der Waals surface area contributed by atoms with Crippen LogP contribution in [-0.4, -0.2) is 57.1 Å². The molecule has 35 heavy (non-hydrogen) atoms. The molecule has 2 fully saturated rings. The second-order valence-corrected chi connectivity index (χ2v) is 10.8. The molecule has 1 aliphatic carbocycles. The zero-order chi connectivity index (χ0) is 26.0. The average molecular weight is 489 g/mol. The number of phenolic OH excluding ortho intramolecular Hbond substituents is 2. The predicted molar refractivity (Wildman–Crippen MR) is 132 cm³/mol. The standard InChI is InChI=1S/C27H40N2O6/c1-6-19-13-14-27(5,26(19,3)4)35-25(34)20-8-7-15-29(20)24(33)17(2)28-23(32)12-10-18-9-11-21(30)22(31)16-18/h9,11,16-17,19-20,30-31H,6-8,10,12-15H2,1-5H3,(H,28,32)/t17-,19?,20-,27-/m0/s1. The van der Waals surface area contributed by atoms with Gasteiger partial charge < -0.3 is 25.2 Å². The fourth-order valence-corrected chi connectivity index (χ4v) is 5.63. The second-order valence-electron chi connectivity index (χ2n) is 10.8. The van der Waals surface area contributed by atoms with Crippen LogP contribution in [0.3, 0.4) is 0 Å². The lowest BCUT2D eigenvalue weighted by Crippen LogP contribution is -2.53. The first-order valence-corrected chi connectivity index (χ1v) is 12.7. The Morgan fingerprint density at radius 2 is 1.89 bits per heavy atom. The molecular weight excluding hydrogens is 448 g/mol. The molecule has 8 nitrogen and oxygen atoms in total. The first-order chi connectivity index (χ1) is 16.4. The predicted octanol–water partition coefficient (Wildman–Crippen LogP) is 3.67. The maximum Gasteiger partial charge on any atom is 0.329 e. The highest BCUT2D eigenvalue weighted by Gasteiger charge is 2.54. The summed E-state index contributed by atoms with van der Waals surface area (Å²) < 4.78 is 6.12. The summed E-state index contributed by atoms with van der Waals surface area (Å²) in [5, 5.41) is 21.7. The Morgan fingerprint density at radius 1 is 1.17 bits per heavy atom. The smallest absolute Gasteiger partial charge is 0.329 e. The lowest BCUT2D eigenvalue weighted by molar-refractivity contribution is -0.176. The van der Waals surface area contributed by atoms with Gasteiger partial charge in [-0.3, -0.25) is 9.59 Å². The molecule has 2 amide bonds. The molecule has 8 heteroatoms. The van der Waals surface area contributed by atoms with E-state index in [1.807, 2.05) is 6.92 Å². The van der Waals surface area contributed by atoms with E-state index >= 15 is 0 Å². The molecule has 1 heterocycles. The van der Waals surface area contributed by atoms with Gasteiger partial charge >= 0.3 is 5.97 Å². The van der Waals surface area contributed by atoms with Crippen molar-refractivity contribution in [2.24, 2.45) is 11.3 Å². The molecule has 0 aromatic heterocycles. The van der Waals surface area contributed by atoms with Crippen molar-refractivity contribution in [2.45, 2.75) is 97.2 Å². The third kappa shape index (κ3) is 5.57. The van der Waals surface area contributed by atoms with Gasteiger partial charge in [0.1, 0.15) is 17.7 Å². The highest BCUT2D eigenvalue weighted by Crippen LogP contribution is 2.53. The molecule has 1 saturated carbocycles. The molecule has 4 atom stereocenters. The highest BCUT2D eigenvalue weighted by atomic mass is 16.6. The van der Waals surface area contributed by atoms with E-state index in [9.17, 15) is 24.6 Å².